The van der Waals surface area contributed by atoms with E-state index in [1.165, 1.54) is 6.92 Å². The first-order chi connectivity index (χ1) is 7.73. The van der Waals surface area contributed by atoms with Crippen molar-refractivity contribution >= 4 is 11.8 Å². The van der Waals surface area contributed by atoms with Gasteiger partial charge in [-0.05, 0) is 19.3 Å². The first-order valence-electron chi connectivity index (χ1n) is 5.96. The molecule has 0 aromatic carbocycles. The number of hydrogen-bond acceptors (Lipinski definition) is 3. The summed E-state index contributed by atoms with van der Waals surface area (Å²) in [5, 5.41) is 15.2. The van der Waals surface area contributed by atoms with E-state index in [1.807, 2.05) is 13.8 Å². The van der Waals surface area contributed by atoms with Gasteiger partial charge >= 0.3 is 0 Å². The molecule has 17 heavy (non-hydrogen) atoms. The molecule has 3 N–H and O–H groups in total. The van der Waals surface area contributed by atoms with Crippen molar-refractivity contribution in [1.29, 1.82) is 0 Å². The maximum absolute atomic E-state index is 11.4. The molecule has 0 aliphatic rings. The number of aliphatic hydroxyl groups is 1. The molecule has 5 heteroatoms. The van der Waals surface area contributed by atoms with E-state index in [0.29, 0.717) is 18.9 Å². The fourth-order valence-electron chi connectivity index (χ4n) is 1.68. The standard InChI is InChI=1S/C12H24N2O3/c1-9(2)7-12(4,17)8-14-11(16)5-6-13-10(3)15/h9,17H,5-8H2,1-4H3,(H,13,15)(H,14,16). The van der Waals surface area contributed by atoms with Crippen LogP contribution in [0.4, 0.5) is 0 Å². The number of carbonyl (C=O) groups excluding carboxylic acids is 2. The third-order valence-electron chi connectivity index (χ3n) is 2.24. The van der Waals surface area contributed by atoms with Gasteiger partial charge in [0.05, 0.1) is 5.60 Å². The van der Waals surface area contributed by atoms with E-state index in [2.05, 4.69) is 10.6 Å². The summed E-state index contributed by atoms with van der Waals surface area (Å²) in [6.45, 7) is 7.73. The average Bonchev–Trinajstić information content (AvgIpc) is 2.12. The van der Waals surface area contributed by atoms with E-state index in [1.54, 1.807) is 6.92 Å². The Labute approximate surface area is 103 Å². The second kappa shape index (κ2) is 7.27. The molecular formula is C12H24N2O3. The van der Waals surface area contributed by atoms with Crippen molar-refractivity contribution in [3.63, 3.8) is 0 Å². The maximum atomic E-state index is 11.4. The van der Waals surface area contributed by atoms with Crippen molar-refractivity contribution in [3.05, 3.63) is 0 Å². The normalized spacial score (nSPS) is 14.2. The molecule has 0 aliphatic heterocycles. The van der Waals surface area contributed by atoms with Gasteiger partial charge in [0, 0.05) is 26.4 Å². The monoisotopic (exact) mass is 244 g/mol. The van der Waals surface area contributed by atoms with Crippen LogP contribution in [0.1, 0.15) is 40.5 Å². The molecule has 0 spiro atoms. The molecular weight excluding hydrogens is 220 g/mol. The van der Waals surface area contributed by atoms with Gasteiger partial charge in [-0.2, -0.15) is 0 Å². The van der Waals surface area contributed by atoms with Gasteiger partial charge in [0.25, 0.3) is 0 Å². The zero-order chi connectivity index (χ0) is 13.5. The highest BCUT2D eigenvalue weighted by molar-refractivity contribution is 5.77. The largest absolute Gasteiger partial charge is 0.388 e. The van der Waals surface area contributed by atoms with Crippen molar-refractivity contribution in [3.8, 4) is 0 Å². The molecule has 2 amide bonds. The second-order valence-electron chi connectivity index (χ2n) is 5.10. The summed E-state index contributed by atoms with van der Waals surface area (Å²) >= 11 is 0. The number of hydrogen-bond donors (Lipinski definition) is 3. The van der Waals surface area contributed by atoms with Crippen LogP contribution >= 0.6 is 0 Å². The summed E-state index contributed by atoms with van der Waals surface area (Å²) in [7, 11) is 0. The third kappa shape index (κ3) is 9.81. The molecule has 100 valence electrons. The lowest BCUT2D eigenvalue weighted by molar-refractivity contribution is -0.122. The molecule has 0 bridgehead atoms. The smallest absolute Gasteiger partial charge is 0.221 e. The predicted molar refractivity (Wildman–Crippen MR) is 66.4 cm³/mol. The van der Waals surface area contributed by atoms with Crippen LogP contribution in [0.15, 0.2) is 0 Å². The Morgan fingerprint density at radius 1 is 1.29 bits per heavy atom. The SMILES string of the molecule is CC(=O)NCCC(=O)NCC(C)(O)CC(C)C. The molecule has 0 fully saturated rings. The number of carbonyl (C=O) groups is 2. The van der Waals surface area contributed by atoms with Gasteiger partial charge in [0.2, 0.25) is 11.8 Å². The lowest BCUT2D eigenvalue weighted by Crippen LogP contribution is -2.42. The zero-order valence-electron chi connectivity index (χ0n) is 11.2. The summed E-state index contributed by atoms with van der Waals surface area (Å²) in [5.41, 5.74) is -0.877. The van der Waals surface area contributed by atoms with Crippen LogP contribution in [-0.4, -0.2) is 35.6 Å². The van der Waals surface area contributed by atoms with Crippen molar-refractivity contribution in [2.45, 2.75) is 46.1 Å². The Balaban J connectivity index is 3.79. The molecule has 0 aliphatic carbocycles. The minimum Gasteiger partial charge on any atom is -0.388 e. The molecule has 1 unspecified atom stereocenters. The summed E-state index contributed by atoms with van der Waals surface area (Å²) in [5.74, 6) is 0.0636. The summed E-state index contributed by atoms with van der Waals surface area (Å²) in [4.78, 5) is 22.0. The highest BCUT2D eigenvalue weighted by Crippen LogP contribution is 2.14. The van der Waals surface area contributed by atoms with E-state index < -0.39 is 5.60 Å². The minimum atomic E-state index is -0.877. The van der Waals surface area contributed by atoms with Crippen LogP contribution in [0, 0.1) is 5.92 Å². The first-order valence-corrected chi connectivity index (χ1v) is 5.96. The average molecular weight is 244 g/mol. The number of nitrogens with one attached hydrogen (secondary N) is 2. The van der Waals surface area contributed by atoms with Gasteiger partial charge in [0.15, 0.2) is 0 Å². The van der Waals surface area contributed by atoms with E-state index in [0.717, 1.165) is 0 Å². The Hall–Kier alpha value is -1.10. The summed E-state index contributed by atoms with van der Waals surface area (Å²) in [6.07, 6.45) is 0.871. The van der Waals surface area contributed by atoms with Gasteiger partial charge in [-0.25, -0.2) is 0 Å². The molecule has 0 aromatic heterocycles. The second-order valence-corrected chi connectivity index (χ2v) is 5.10. The predicted octanol–water partition coefficient (Wildman–Crippen LogP) is 0.426. The van der Waals surface area contributed by atoms with Crippen molar-refractivity contribution < 1.29 is 14.7 Å². The van der Waals surface area contributed by atoms with Gasteiger partial charge in [0.1, 0.15) is 0 Å². The lowest BCUT2D eigenvalue weighted by Gasteiger charge is -2.25. The Morgan fingerprint density at radius 2 is 1.88 bits per heavy atom. The number of amides is 2. The first kappa shape index (κ1) is 15.9. The van der Waals surface area contributed by atoms with Crippen molar-refractivity contribution in [1.82, 2.24) is 10.6 Å². The Kier molecular flexibility index (Phi) is 6.80. The highest BCUT2D eigenvalue weighted by atomic mass is 16.3. The molecule has 0 radical (unpaired) electrons. The van der Waals surface area contributed by atoms with Crippen LogP contribution in [0.3, 0.4) is 0 Å². The molecule has 0 rings (SSSR count). The highest BCUT2D eigenvalue weighted by Gasteiger charge is 2.22. The van der Waals surface area contributed by atoms with Gasteiger partial charge < -0.3 is 15.7 Å². The molecule has 0 saturated carbocycles. The van der Waals surface area contributed by atoms with E-state index in [4.69, 9.17) is 0 Å². The van der Waals surface area contributed by atoms with Crippen LogP contribution in [0.5, 0.6) is 0 Å². The van der Waals surface area contributed by atoms with Crippen LogP contribution in [-0.2, 0) is 9.59 Å². The van der Waals surface area contributed by atoms with Crippen LogP contribution in [0.2, 0.25) is 0 Å². The van der Waals surface area contributed by atoms with Crippen LogP contribution in [0.25, 0.3) is 0 Å². The van der Waals surface area contributed by atoms with Crippen molar-refractivity contribution in [2.24, 2.45) is 5.92 Å². The molecule has 5 nitrogen and oxygen atoms in total. The maximum Gasteiger partial charge on any atom is 0.221 e. The fraction of sp³-hybridized carbons (Fsp3) is 0.833. The summed E-state index contributed by atoms with van der Waals surface area (Å²) in [6, 6.07) is 0. The quantitative estimate of drug-likeness (QED) is 0.607. The fourth-order valence-corrected chi connectivity index (χ4v) is 1.68. The molecule has 0 aromatic rings. The van der Waals surface area contributed by atoms with Gasteiger partial charge in [-0.1, -0.05) is 13.8 Å². The van der Waals surface area contributed by atoms with Crippen LogP contribution < -0.4 is 10.6 Å². The van der Waals surface area contributed by atoms with Gasteiger partial charge in [-0.3, -0.25) is 9.59 Å². The third-order valence-corrected chi connectivity index (χ3v) is 2.24. The van der Waals surface area contributed by atoms with E-state index in [9.17, 15) is 14.7 Å². The van der Waals surface area contributed by atoms with Gasteiger partial charge in [-0.15, -0.1) is 0 Å². The summed E-state index contributed by atoms with van der Waals surface area (Å²) < 4.78 is 0. The molecule has 0 saturated heterocycles. The Bertz CT molecular complexity index is 262. The van der Waals surface area contributed by atoms with E-state index >= 15 is 0 Å². The topological polar surface area (TPSA) is 78.4 Å². The zero-order valence-corrected chi connectivity index (χ0v) is 11.2. The lowest BCUT2D eigenvalue weighted by atomic mass is 9.94. The van der Waals surface area contributed by atoms with E-state index in [-0.39, 0.29) is 24.8 Å². The number of rotatable bonds is 7. The minimum absolute atomic E-state index is 0.149. The molecule has 0 heterocycles. The molecule has 1 atom stereocenters. The Morgan fingerprint density at radius 3 is 2.35 bits per heavy atom. The van der Waals surface area contributed by atoms with Crippen molar-refractivity contribution in [2.75, 3.05) is 13.1 Å².